The zero-order valence-corrected chi connectivity index (χ0v) is 11.0. The summed E-state index contributed by atoms with van der Waals surface area (Å²) in [5.74, 6) is -1.87. The van der Waals surface area contributed by atoms with Gasteiger partial charge in [0.05, 0.1) is 17.6 Å². The standard InChI is InChI=1S/C12H15F2NO3S/c13-8-1-2-10(14)9(5-8)11(16)12(6-15)3-4-19(17,18)7-12/h1-2,5,11,16H,3-4,6-7,15H2. The molecule has 1 aromatic carbocycles. The molecule has 7 heteroatoms. The highest BCUT2D eigenvalue weighted by Crippen LogP contribution is 2.43. The monoisotopic (exact) mass is 291 g/mol. The van der Waals surface area contributed by atoms with Gasteiger partial charge in [-0.05, 0) is 24.6 Å². The van der Waals surface area contributed by atoms with E-state index < -0.39 is 33.0 Å². The van der Waals surface area contributed by atoms with Crippen LogP contribution in [0.2, 0.25) is 0 Å². The lowest BCUT2D eigenvalue weighted by atomic mass is 9.78. The molecule has 1 heterocycles. The van der Waals surface area contributed by atoms with Gasteiger partial charge in [0.2, 0.25) is 0 Å². The van der Waals surface area contributed by atoms with Gasteiger partial charge in [-0.1, -0.05) is 0 Å². The number of aliphatic hydroxyl groups is 1. The van der Waals surface area contributed by atoms with E-state index in [0.717, 1.165) is 18.2 Å². The number of sulfone groups is 1. The number of aliphatic hydroxyl groups excluding tert-OH is 1. The van der Waals surface area contributed by atoms with E-state index in [-0.39, 0.29) is 30.0 Å². The first-order valence-corrected chi connectivity index (χ1v) is 7.65. The number of hydrogen-bond donors (Lipinski definition) is 2. The van der Waals surface area contributed by atoms with Gasteiger partial charge in [-0.2, -0.15) is 0 Å². The molecule has 19 heavy (non-hydrogen) atoms. The maximum Gasteiger partial charge on any atom is 0.151 e. The lowest BCUT2D eigenvalue weighted by molar-refractivity contribution is 0.0440. The number of benzene rings is 1. The molecule has 0 saturated carbocycles. The van der Waals surface area contributed by atoms with Gasteiger partial charge >= 0.3 is 0 Å². The third kappa shape index (κ3) is 2.63. The molecule has 0 amide bonds. The minimum Gasteiger partial charge on any atom is -0.388 e. The number of halogens is 2. The van der Waals surface area contributed by atoms with Gasteiger partial charge in [-0.15, -0.1) is 0 Å². The van der Waals surface area contributed by atoms with Crippen LogP contribution in [0.25, 0.3) is 0 Å². The average molecular weight is 291 g/mol. The molecule has 0 bridgehead atoms. The third-order valence-electron chi connectivity index (χ3n) is 3.66. The fourth-order valence-electron chi connectivity index (χ4n) is 2.48. The van der Waals surface area contributed by atoms with Crippen LogP contribution < -0.4 is 5.73 Å². The predicted molar refractivity (Wildman–Crippen MR) is 66.1 cm³/mol. The SMILES string of the molecule is NCC1(C(O)c2cc(F)ccc2F)CCS(=O)(=O)C1. The van der Waals surface area contributed by atoms with E-state index in [4.69, 9.17) is 5.73 Å². The maximum atomic E-state index is 13.7. The molecule has 2 unspecified atom stereocenters. The van der Waals surface area contributed by atoms with Gasteiger partial charge in [-0.25, -0.2) is 17.2 Å². The quantitative estimate of drug-likeness (QED) is 0.861. The maximum absolute atomic E-state index is 13.7. The number of hydrogen-bond acceptors (Lipinski definition) is 4. The number of rotatable bonds is 3. The Balaban J connectivity index is 2.42. The zero-order chi connectivity index (χ0) is 14.3. The van der Waals surface area contributed by atoms with Gasteiger partial charge < -0.3 is 10.8 Å². The Morgan fingerprint density at radius 3 is 2.63 bits per heavy atom. The van der Waals surface area contributed by atoms with Gasteiger partial charge in [0.1, 0.15) is 11.6 Å². The Labute approximate surface area is 110 Å². The molecule has 3 N–H and O–H groups in total. The van der Waals surface area contributed by atoms with E-state index in [9.17, 15) is 22.3 Å². The summed E-state index contributed by atoms with van der Waals surface area (Å²) < 4.78 is 49.9. The second-order valence-corrected chi connectivity index (χ2v) is 7.16. The van der Waals surface area contributed by atoms with Gasteiger partial charge in [0, 0.05) is 17.5 Å². The fourth-order valence-corrected chi connectivity index (χ4v) is 4.64. The average Bonchev–Trinajstić information content (AvgIpc) is 2.68. The molecule has 0 aliphatic carbocycles. The fraction of sp³-hybridized carbons (Fsp3) is 0.500. The summed E-state index contributed by atoms with van der Waals surface area (Å²) in [7, 11) is -3.30. The van der Waals surface area contributed by atoms with Crippen molar-refractivity contribution in [3.05, 3.63) is 35.4 Å². The molecule has 1 aliphatic rings. The summed E-state index contributed by atoms with van der Waals surface area (Å²) in [5.41, 5.74) is 4.18. The lowest BCUT2D eigenvalue weighted by Crippen LogP contribution is -2.38. The van der Waals surface area contributed by atoms with Gasteiger partial charge in [-0.3, -0.25) is 0 Å². The first-order chi connectivity index (χ1) is 8.80. The summed E-state index contributed by atoms with van der Waals surface area (Å²) in [5, 5.41) is 10.3. The topological polar surface area (TPSA) is 80.4 Å². The summed E-state index contributed by atoms with van der Waals surface area (Å²) in [4.78, 5) is 0. The largest absolute Gasteiger partial charge is 0.388 e. The molecule has 1 saturated heterocycles. The van der Waals surface area contributed by atoms with Crippen molar-refractivity contribution >= 4 is 9.84 Å². The molecule has 0 radical (unpaired) electrons. The molecule has 0 aromatic heterocycles. The van der Waals surface area contributed by atoms with Crippen LogP contribution in [-0.4, -0.2) is 31.6 Å². The van der Waals surface area contributed by atoms with Crippen molar-refractivity contribution in [3.8, 4) is 0 Å². The van der Waals surface area contributed by atoms with Crippen LogP contribution in [-0.2, 0) is 9.84 Å². The molecule has 0 spiro atoms. The highest BCUT2D eigenvalue weighted by Gasteiger charge is 2.47. The molecule has 1 fully saturated rings. The smallest absolute Gasteiger partial charge is 0.151 e. The molecule has 1 aromatic rings. The van der Waals surface area contributed by atoms with E-state index in [0.29, 0.717) is 0 Å². The van der Waals surface area contributed by atoms with E-state index in [1.54, 1.807) is 0 Å². The second kappa shape index (κ2) is 4.81. The third-order valence-corrected chi connectivity index (χ3v) is 5.50. The minimum atomic E-state index is -3.30. The molecular weight excluding hydrogens is 276 g/mol. The minimum absolute atomic E-state index is 0.0990. The lowest BCUT2D eigenvalue weighted by Gasteiger charge is -2.32. The first kappa shape index (κ1) is 14.4. The molecule has 2 atom stereocenters. The van der Waals surface area contributed by atoms with Crippen LogP contribution in [0.4, 0.5) is 8.78 Å². The Morgan fingerprint density at radius 1 is 1.42 bits per heavy atom. The van der Waals surface area contributed by atoms with E-state index in [1.165, 1.54) is 0 Å². The summed E-state index contributed by atoms with van der Waals surface area (Å²) in [6.07, 6.45) is -1.30. The Kier molecular flexibility index (Phi) is 3.63. The summed E-state index contributed by atoms with van der Waals surface area (Å²) >= 11 is 0. The van der Waals surface area contributed by atoms with Crippen LogP contribution in [0.15, 0.2) is 18.2 Å². The molecule has 106 valence electrons. The Bertz CT molecular complexity index is 591. The van der Waals surface area contributed by atoms with Crippen molar-refractivity contribution < 1.29 is 22.3 Å². The zero-order valence-electron chi connectivity index (χ0n) is 10.1. The van der Waals surface area contributed by atoms with Crippen molar-refractivity contribution in [2.45, 2.75) is 12.5 Å². The van der Waals surface area contributed by atoms with Crippen molar-refractivity contribution in [1.29, 1.82) is 0 Å². The van der Waals surface area contributed by atoms with Gasteiger partial charge in [0.15, 0.2) is 9.84 Å². The van der Waals surface area contributed by atoms with Crippen LogP contribution in [0.1, 0.15) is 18.1 Å². The van der Waals surface area contributed by atoms with Crippen LogP contribution >= 0.6 is 0 Å². The molecule has 4 nitrogen and oxygen atoms in total. The Hall–Kier alpha value is -1.05. The highest BCUT2D eigenvalue weighted by atomic mass is 32.2. The van der Waals surface area contributed by atoms with Crippen molar-refractivity contribution in [3.63, 3.8) is 0 Å². The van der Waals surface area contributed by atoms with Crippen molar-refractivity contribution in [2.24, 2.45) is 11.1 Å². The summed E-state index contributed by atoms with van der Waals surface area (Å²) in [6.45, 7) is -0.108. The van der Waals surface area contributed by atoms with Crippen molar-refractivity contribution in [2.75, 3.05) is 18.1 Å². The second-order valence-electron chi connectivity index (χ2n) is 4.98. The van der Waals surface area contributed by atoms with Crippen LogP contribution in [0.5, 0.6) is 0 Å². The summed E-state index contributed by atoms with van der Waals surface area (Å²) in [6, 6.07) is 2.72. The highest BCUT2D eigenvalue weighted by molar-refractivity contribution is 7.91. The van der Waals surface area contributed by atoms with E-state index in [1.807, 2.05) is 0 Å². The molecule has 2 rings (SSSR count). The van der Waals surface area contributed by atoms with Crippen molar-refractivity contribution in [1.82, 2.24) is 0 Å². The number of nitrogens with two attached hydrogens (primary N) is 1. The normalized spacial score (nSPS) is 27.4. The molecular formula is C12H15F2NO3S. The van der Waals surface area contributed by atoms with E-state index >= 15 is 0 Å². The van der Waals surface area contributed by atoms with E-state index in [2.05, 4.69) is 0 Å². The predicted octanol–water partition coefficient (Wildman–Crippen LogP) is 0.762. The van der Waals surface area contributed by atoms with Gasteiger partial charge in [0.25, 0.3) is 0 Å². The first-order valence-electron chi connectivity index (χ1n) is 5.83. The Morgan fingerprint density at radius 2 is 2.11 bits per heavy atom. The van der Waals surface area contributed by atoms with Crippen LogP contribution in [0.3, 0.4) is 0 Å². The molecule has 1 aliphatic heterocycles. The van der Waals surface area contributed by atoms with Crippen LogP contribution in [0, 0.1) is 17.0 Å².